The first-order valence-electron chi connectivity index (χ1n) is 9.41. The summed E-state index contributed by atoms with van der Waals surface area (Å²) in [5, 5.41) is 3.69. The van der Waals surface area contributed by atoms with Gasteiger partial charge in [-0.25, -0.2) is 0 Å². The van der Waals surface area contributed by atoms with Crippen molar-refractivity contribution in [1.29, 1.82) is 0 Å². The SMILES string of the molecule is CCCNCC1CCC(CCC)CC1CC(C)CCC. The quantitative estimate of drug-likeness (QED) is 0.511. The van der Waals surface area contributed by atoms with Crippen LogP contribution in [0, 0.1) is 23.7 Å². The molecule has 4 unspecified atom stereocenters. The highest BCUT2D eigenvalue weighted by molar-refractivity contribution is 4.82. The van der Waals surface area contributed by atoms with E-state index in [2.05, 4.69) is 33.0 Å². The van der Waals surface area contributed by atoms with E-state index >= 15 is 0 Å². The fraction of sp³-hybridized carbons (Fsp3) is 1.00. The normalized spacial score (nSPS) is 28.5. The van der Waals surface area contributed by atoms with Crippen LogP contribution in [0.15, 0.2) is 0 Å². The summed E-state index contributed by atoms with van der Waals surface area (Å²) in [5.74, 6) is 3.90. The standard InChI is InChI=1S/C19H39N/c1-5-8-16(4)13-19-14-17(9-6-2)10-11-18(19)15-20-12-7-3/h16-20H,5-15H2,1-4H3. The van der Waals surface area contributed by atoms with Gasteiger partial charge < -0.3 is 5.32 Å². The Morgan fingerprint density at radius 2 is 1.80 bits per heavy atom. The summed E-state index contributed by atoms with van der Waals surface area (Å²) in [4.78, 5) is 0. The van der Waals surface area contributed by atoms with Crippen LogP contribution in [0.5, 0.6) is 0 Å². The van der Waals surface area contributed by atoms with Crippen molar-refractivity contribution in [3.63, 3.8) is 0 Å². The van der Waals surface area contributed by atoms with Gasteiger partial charge in [0.1, 0.15) is 0 Å². The Hall–Kier alpha value is -0.0400. The van der Waals surface area contributed by atoms with Crippen LogP contribution >= 0.6 is 0 Å². The van der Waals surface area contributed by atoms with Crippen molar-refractivity contribution < 1.29 is 0 Å². The molecule has 1 heteroatoms. The molecule has 0 heterocycles. The third-order valence-electron chi connectivity index (χ3n) is 5.27. The van der Waals surface area contributed by atoms with Gasteiger partial charge in [-0.15, -0.1) is 0 Å². The van der Waals surface area contributed by atoms with Gasteiger partial charge >= 0.3 is 0 Å². The third kappa shape index (κ3) is 6.61. The lowest BCUT2D eigenvalue weighted by Gasteiger charge is -2.38. The molecule has 1 N–H and O–H groups in total. The molecule has 120 valence electrons. The lowest BCUT2D eigenvalue weighted by molar-refractivity contribution is 0.142. The van der Waals surface area contributed by atoms with E-state index in [1.165, 1.54) is 70.9 Å². The van der Waals surface area contributed by atoms with Crippen LogP contribution < -0.4 is 5.32 Å². The van der Waals surface area contributed by atoms with E-state index in [9.17, 15) is 0 Å². The summed E-state index contributed by atoms with van der Waals surface area (Å²) >= 11 is 0. The molecule has 0 spiro atoms. The lowest BCUT2D eigenvalue weighted by atomic mass is 9.69. The summed E-state index contributed by atoms with van der Waals surface area (Å²) < 4.78 is 0. The Morgan fingerprint density at radius 3 is 2.45 bits per heavy atom. The monoisotopic (exact) mass is 281 g/mol. The molecular formula is C19H39N. The first-order valence-corrected chi connectivity index (χ1v) is 9.41. The zero-order valence-electron chi connectivity index (χ0n) is 14.6. The number of rotatable bonds is 10. The van der Waals surface area contributed by atoms with Crippen molar-refractivity contribution in [1.82, 2.24) is 5.32 Å². The molecule has 1 aliphatic rings. The van der Waals surface area contributed by atoms with Crippen molar-refractivity contribution in [3.05, 3.63) is 0 Å². The van der Waals surface area contributed by atoms with Gasteiger partial charge in [0.15, 0.2) is 0 Å². The van der Waals surface area contributed by atoms with Gasteiger partial charge in [-0.2, -0.15) is 0 Å². The van der Waals surface area contributed by atoms with Crippen LogP contribution in [-0.4, -0.2) is 13.1 Å². The van der Waals surface area contributed by atoms with E-state index in [1.54, 1.807) is 0 Å². The summed E-state index contributed by atoms with van der Waals surface area (Å²) in [6, 6.07) is 0. The van der Waals surface area contributed by atoms with E-state index in [4.69, 9.17) is 0 Å². The Bertz CT molecular complexity index is 224. The second-order valence-electron chi connectivity index (χ2n) is 7.32. The first-order chi connectivity index (χ1) is 9.71. The molecule has 0 aromatic heterocycles. The zero-order valence-corrected chi connectivity index (χ0v) is 14.6. The molecule has 0 radical (unpaired) electrons. The summed E-state index contributed by atoms with van der Waals surface area (Å²) in [7, 11) is 0. The van der Waals surface area contributed by atoms with Crippen LogP contribution in [0.3, 0.4) is 0 Å². The smallest absolute Gasteiger partial charge is 0.00179 e. The fourth-order valence-corrected chi connectivity index (χ4v) is 4.24. The largest absolute Gasteiger partial charge is 0.316 e. The molecule has 0 aromatic carbocycles. The molecule has 1 nitrogen and oxygen atoms in total. The van der Waals surface area contributed by atoms with Gasteiger partial charge in [-0.1, -0.05) is 59.8 Å². The highest BCUT2D eigenvalue weighted by atomic mass is 14.9. The van der Waals surface area contributed by atoms with Crippen molar-refractivity contribution in [2.24, 2.45) is 23.7 Å². The van der Waals surface area contributed by atoms with Crippen LogP contribution in [-0.2, 0) is 0 Å². The van der Waals surface area contributed by atoms with Gasteiger partial charge in [0.25, 0.3) is 0 Å². The van der Waals surface area contributed by atoms with Crippen molar-refractivity contribution >= 4 is 0 Å². The molecule has 20 heavy (non-hydrogen) atoms. The maximum absolute atomic E-state index is 3.69. The van der Waals surface area contributed by atoms with E-state index < -0.39 is 0 Å². The molecule has 1 fully saturated rings. The van der Waals surface area contributed by atoms with Gasteiger partial charge in [0.05, 0.1) is 0 Å². The fourth-order valence-electron chi connectivity index (χ4n) is 4.24. The van der Waals surface area contributed by atoms with Crippen LogP contribution in [0.25, 0.3) is 0 Å². The highest BCUT2D eigenvalue weighted by Gasteiger charge is 2.30. The topological polar surface area (TPSA) is 12.0 Å². The Labute approximate surface area is 128 Å². The number of hydrogen-bond donors (Lipinski definition) is 1. The van der Waals surface area contributed by atoms with Gasteiger partial charge in [0.2, 0.25) is 0 Å². The molecule has 0 aromatic rings. The summed E-state index contributed by atoms with van der Waals surface area (Å²) in [6.07, 6.45) is 12.8. The van der Waals surface area contributed by atoms with E-state index in [0.29, 0.717) is 0 Å². The second kappa shape index (κ2) is 10.7. The zero-order chi connectivity index (χ0) is 14.8. The minimum atomic E-state index is 0.930. The van der Waals surface area contributed by atoms with E-state index in [-0.39, 0.29) is 0 Å². The molecule has 0 amide bonds. The molecule has 0 saturated heterocycles. The molecular weight excluding hydrogens is 242 g/mol. The molecule has 1 aliphatic carbocycles. The van der Waals surface area contributed by atoms with Crippen LogP contribution in [0.4, 0.5) is 0 Å². The van der Waals surface area contributed by atoms with Crippen LogP contribution in [0.1, 0.15) is 85.5 Å². The lowest BCUT2D eigenvalue weighted by Crippen LogP contribution is -2.34. The number of nitrogens with one attached hydrogen (secondary N) is 1. The maximum Gasteiger partial charge on any atom is -0.00179 e. The highest BCUT2D eigenvalue weighted by Crippen LogP contribution is 2.39. The van der Waals surface area contributed by atoms with Gasteiger partial charge in [-0.3, -0.25) is 0 Å². The third-order valence-corrected chi connectivity index (χ3v) is 5.27. The molecule has 0 bridgehead atoms. The van der Waals surface area contributed by atoms with Crippen LogP contribution in [0.2, 0.25) is 0 Å². The van der Waals surface area contributed by atoms with E-state index in [1.807, 2.05) is 0 Å². The molecule has 4 atom stereocenters. The predicted octanol–water partition coefficient (Wildman–Crippen LogP) is 5.64. The maximum atomic E-state index is 3.69. The Kier molecular flexibility index (Phi) is 9.59. The molecule has 1 saturated carbocycles. The van der Waals surface area contributed by atoms with E-state index in [0.717, 1.165) is 23.7 Å². The van der Waals surface area contributed by atoms with Crippen molar-refractivity contribution in [2.45, 2.75) is 85.5 Å². The average molecular weight is 282 g/mol. The van der Waals surface area contributed by atoms with Crippen molar-refractivity contribution in [2.75, 3.05) is 13.1 Å². The Balaban J connectivity index is 2.47. The summed E-state index contributed by atoms with van der Waals surface area (Å²) in [5.41, 5.74) is 0. The first kappa shape index (κ1) is 18.0. The number of hydrogen-bond acceptors (Lipinski definition) is 1. The minimum Gasteiger partial charge on any atom is -0.316 e. The minimum absolute atomic E-state index is 0.930. The van der Waals surface area contributed by atoms with Crippen molar-refractivity contribution in [3.8, 4) is 0 Å². The summed E-state index contributed by atoms with van der Waals surface area (Å²) in [6.45, 7) is 11.9. The predicted molar refractivity (Wildman–Crippen MR) is 91.1 cm³/mol. The Morgan fingerprint density at radius 1 is 1.00 bits per heavy atom. The second-order valence-corrected chi connectivity index (χ2v) is 7.32. The van der Waals surface area contributed by atoms with Gasteiger partial charge in [0, 0.05) is 0 Å². The van der Waals surface area contributed by atoms with Gasteiger partial charge in [-0.05, 0) is 62.4 Å². The molecule has 1 rings (SSSR count). The average Bonchev–Trinajstić information content (AvgIpc) is 2.42. The molecule has 0 aliphatic heterocycles.